The molecule has 29 heavy (non-hydrogen) atoms. The smallest absolute Gasteiger partial charge is 0.261 e. The number of nitrogens with one attached hydrogen (secondary N) is 2. The largest absolute Gasteiger partial charge is 0.375 e. The van der Waals surface area contributed by atoms with Crippen LogP contribution in [0.15, 0.2) is 47.0 Å². The van der Waals surface area contributed by atoms with Crippen LogP contribution >= 0.6 is 23.2 Å². The maximum Gasteiger partial charge on any atom is 0.261 e. The molecule has 0 radical (unpaired) electrons. The van der Waals surface area contributed by atoms with Crippen LogP contribution in [-0.4, -0.2) is 30.7 Å². The van der Waals surface area contributed by atoms with Crippen molar-refractivity contribution in [3.8, 4) is 11.3 Å². The minimum absolute atomic E-state index is 0.0710. The third kappa shape index (κ3) is 4.76. The molecule has 2 amide bonds. The molecule has 0 spiro atoms. The molecule has 0 saturated carbocycles. The second kappa shape index (κ2) is 9.09. The molecule has 2 N–H and O–H groups in total. The molecule has 150 valence electrons. The van der Waals surface area contributed by atoms with Crippen LogP contribution in [0.1, 0.15) is 16.1 Å². The van der Waals surface area contributed by atoms with Gasteiger partial charge in [-0.3, -0.25) is 9.59 Å². The maximum atomic E-state index is 12.9. The fourth-order valence-corrected chi connectivity index (χ4v) is 3.31. The molecule has 0 aliphatic heterocycles. The quantitative estimate of drug-likeness (QED) is 0.582. The monoisotopic (exact) mass is 433 g/mol. The summed E-state index contributed by atoms with van der Waals surface area (Å²) < 4.78 is 10.0. The fraction of sp³-hybridized carbons (Fsp3) is 0.150. The summed E-state index contributed by atoms with van der Waals surface area (Å²) in [7, 11) is 1.43. The summed E-state index contributed by atoms with van der Waals surface area (Å²) in [4.78, 5) is 24.6. The number of nitrogens with zero attached hydrogens (tertiary/aromatic N) is 1. The molecule has 9 heteroatoms. The number of amides is 2. The zero-order valence-electron chi connectivity index (χ0n) is 15.6. The number of rotatable bonds is 6. The summed E-state index contributed by atoms with van der Waals surface area (Å²) in [6.45, 7) is 1.55. The zero-order valence-corrected chi connectivity index (χ0v) is 17.1. The Kier molecular flexibility index (Phi) is 6.53. The number of aromatic nitrogens is 1. The van der Waals surface area contributed by atoms with Gasteiger partial charge in [0.15, 0.2) is 0 Å². The van der Waals surface area contributed by atoms with Crippen LogP contribution in [0.5, 0.6) is 0 Å². The third-order valence-electron chi connectivity index (χ3n) is 3.97. The van der Waals surface area contributed by atoms with Crippen LogP contribution in [0.3, 0.4) is 0 Å². The molecular formula is C20H17Cl2N3O4. The molecule has 0 fully saturated rings. The van der Waals surface area contributed by atoms with Gasteiger partial charge in [-0.25, -0.2) is 0 Å². The standard InChI is InChI=1S/C20H17Cl2N3O4/c1-11-17(19(25-29-11)18-14(21)7-4-8-15(18)22)20(27)24-13-6-3-5-12(9-13)23-16(26)10-28-2/h3-9H,10H2,1-2H3,(H,23,26)(H,24,27). The van der Waals surface area contributed by atoms with E-state index in [1.165, 1.54) is 7.11 Å². The lowest BCUT2D eigenvalue weighted by molar-refractivity contribution is -0.119. The fourth-order valence-electron chi connectivity index (χ4n) is 2.73. The van der Waals surface area contributed by atoms with Gasteiger partial charge in [0, 0.05) is 24.0 Å². The van der Waals surface area contributed by atoms with Gasteiger partial charge >= 0.3 is 0 Å². The number of halogens is 2. The summed E-state index contributed by atoms with van der Waals surface area (Å²) >= 11 is 12.5. The predicted octanol–water partition coefficient (Wildman–Crippen LogP) is 4.79. The lowest BCUT2D eigenvalue weighted by Crippen LogP contribution is -2.17. The van der Waals surface area contributed by atoms with E-state index in [1.807, 2.05) is 0 Å². The van der Waals surface area contributed by atoms with E-state index in [1.54, 1.807) is 49.4 Å². The first kappa shape index (κ1) is 20.9. The highest BCUT2D eigenvalue weighted by Crippen LogP contribution is 2.37. The highest BCUT2D eigenvalue weighted by Gasteiger charge is 2.25. The molecule has 0 saturated heterocycles. The zero-order chi connectivity index (χ0) is 21.0. The topological polar surface area (TPSA) is 93.5 Å². The minimum atomic E-state index is -0.449. The number of anilines is 2. The van der Waals surface area contributed by atoms with Crippen molar-refractivity contribution < 1.29 is 18.8 Å². The van der Waals surface area contributed by atoms with Crippen LogP contribution in [0.25, 0.3) is 11.3 Å². The molecule has 0 aliphatic carbocycles. The van der Waals surface area contributed by atoms with E-state index in [4.69, 9.17) is 32.5 Å². The number of carbonyl (C=O) groups is 2. The van der Waals surface area contributed by atoms with E-state index >= 15 is 0 Å². The number of hydrogen-bond donors (Lipinski definition) is 2. The molecule has 0 aliphatic rings. The summed E-state index contributed by atoms with van der Waals surface area (Å²) in [5.74, 6) is -0.436. The average molecular weight is 434 g/mol. The molecule has 3 aromatic rings. The first-order valence-corrected chi connectivity index (χ1v) is 9.27. The van der Waals surface area contributed by atoms with Gasteiger partial charge < -0.3 is 19.9 Å². The maximum absolute atomic E-state index is 12.9. The minimum Gasteiger partial charge on any atom is -0.375 e. The van der Waals surface area contributed by atoms with Gasteiger partial charge in [-0.1, -0.05) is 40.5 Å². The van der Waals surface area contributed by atoms with Gasteiger partial charge in [-0.05, 0) is 37.3 Å². The number of benzene rings is 2. The van der Waals surface area contributed by atoms with E-state index in [0.29, 0.717) is 32.7 Å². The second-order valence-corrected chi connectivity index (χ2v) is 6.89. The van der Waals surface area contributed by atoms with Crippen molar-refractivity contribution in [1.29, 1.82) is 0 Å². The SMILES string of the molecule is COCC(=O)Nc1cccc(NC(=O)c2c(-c3c(Cl)cccc3Cl)noc2C)c1. The Morgan fingerprint density at radius 1 is 1.07 bits per heavy atom. The van der Waals surface area contributed by atoms with Gasteiger partial charge in [0.05, 0.1) is 10.0 Å². The molecule has 0 unspecified atom stereocenters. The van der Waals surface area contributed by atoms with Crippen molar-refractivity contribution in [3.05, 3.63) is 63.8 Å². The Morgan fingerprint density at radius 3 is 2.34 bits per heavy atom. The first-order chi connectivity index (χ1) is 13.9. The van der Waals surface area contributed by atoms with Gasteiger partial charge in [0.25, 0.3) is 5.91 Å². The first-order valence-electron chi connectivity index (χ1n) is 8.51. The number of aryl methyl sites for hydroxylation is 1. The van der Waals surface area contributed by atoms with Crippen molar-refractivity contribution in [2.45, 2.75) is 6.92 Å². The predicted molar refractivity (Wildman–Crippen MR) is 112 cm³/mol. The van der Waals surface area contributed by atoms with Crippen LogP contribution in [-0.2, 0) is 9.53 Å². The second-order valence-electron chi connectivity index (χ2n) is 6.08. The molecule has 0 atom stereocenters. The number of ether oxygens (including phenoxy) is 1. The molecule has 2 aromatic carbocycles. The highest BCUT2D eigenvalue weighted by atomic mass is 35.5. The Balaban J connectivity index is 1.88. The molecule has 0 bridgehead atoms. The van der Waals surface area contributed by atoms with Crippen LogP contribution in [0.4, 0.5) is 11.4 Å². The number of methoxy groups -OCH3 is 1. The van der Waals surface area contributed by atoms with E-state index in [-0.39, 0.29) is 23.8 Å². The van der Waals surface area contributed by atoms with Crippen molar-refractivity contribution >= 4 is 46.4 Å². The number of carbonyl (C=O) groups excluding carboxylic acids is 2. The normalized spacial score (nSPS) is 10.6. The van der Waals surface area contributed by atoms with E-state index in [2.05, 4.69) is 15.8 Å². The van der Waals surface area contributed by atoms with Crippen molar-refractivity contribution in [1.82, 2.24) is 5.16 Å². The summed E-state index contributed by atoms with van der Waals surface area (Å²) in [5.41, 5.74) is 1.87. The summed E-state index contributed by atoms with van der Waals surface area (Å²) in [6, 6.07) is 11.7. The Bertz CT molecular complexity index is 1050. The Hall–Kier alpha value is -2.87. The summed E-state index contributed by atoms with van der Waals surface area (Å²) in [5, 5.41) is 10.1. The van der Waals surface area contributed by atoms with Crippen molar-refractivity contribution in [2.75, 3.05) is 24.4 Å². The third-order valence-corrected chi connectivity index (χ3v) is 4.60. The van der Waals surface area contributed by atoms with Crippen molar-refractivity contribution in [3.63, 3.8) is 0 Å². The Morgan fingerprint density at radius 2 is 1.69 bits per heavy atom. The van der Waals surface area contributed by atoms with E-state index in [9.17, 15) is 9.59 Å². The van der Waals surface area contributed by atoms with E-state index in [0.717, 1.165) is 0 Å². The highest BCUT2D eigenvalue weighted by molar-refractivity contribution is 6.39. The van der Waals surface area contributed by atoms with Gasteiger partial charge in [-0.15, -0.1) is 0 Å². The lowest BCUT2D eigenvalue weighted by Gasteiger charge is -2.10. The Labute approximate surface area is 176 Å². The van der Waals surface area contributed by atoms with Crippen molar-refractivity contribution in [2.24, 2.45) is 0 Å². The molecule has 7 nitrogen and oxygen atoms in total. The lowest BCUT2D eigenvalue weighted by atomic mass is 10.1. The molecule has 3 rings (SSSR count). The van der Waals surface area contributed by atoms with E-state index < -0.39 is 5.91 Å². The van der Waals surface area contributed by atoms with Gasteiger partial charge in [0.2, 0.25) is 5.91 Å². The molecular weight excluding hydrogens is 417 g/mol. The average Bonchev–Trinajstić information content (AvgIpc) is 3.03. The number of hydrogen-bond acceptors (Lipinski definition) is 5. The van der Waals surface area contributed by atoms with Gasteiger partial charge in [-0.2, -0.15) is 0 Å². The summed E-state index contributed by atoms with van der Waals surface area (Å²) in [6.07, 6.45) is 0. The molecule has 1 heterocycles. The van der Waals surface area contributed by atoms with Crippen LogP contribution in [0, 0.1) is 6.92 Å². The van der Waals surface area contributed by atoms with Crippen LogP contribution in [0.2, 0.25) is 10.0 Å². The van der Waals surface area contributed by atoms with Crippen LogP contribution < -0.4 is 10.6 Å². The van der Waals surface area contributed by atoms with Gasteiger partial charge in [0.1, 0.15) is 23.6 Å². The molecule has 1 aromatic heterocycles.